The molecule has 1 N–H and O–H groups in total. The first-order chi connectivity index (χ1) is 12.7. The fourth-order valence-electron chi connectivity index (χ4n) is 3.18. The number of aromatic nitrogens is 1. The summed E-state index contributed by atoms with van der Waals surface area (Å²) in [4.78, 5) is 22.3. The molecule has 2 heterocycles. The van der Waals surface area contributed by atoms with Crippen molar-refractivity contribution in [2.45, 2.75) is 24.8 Å². The highest BCUT2D eigenvalue weighted by molar-refractivity contribution is 7.98. The van der Waals surface area contributed by atoms with Gasteiger partial charge in [-0.15, -0.1) is 11.8 Å². The quantitative estimate of drug-likeness (QED) is 0.837. The van der Waals surface area contributed by atoms with Gasteiger partial charge in [0.2, 0.25) is 0 Å². The number of carbonyl (C=O) groups excluding carboxylic acids is 1. The van der Waals surface area contributed by atoms with E-state index < -0.39 is 0 Å². The van der Waals surface area contributed by atoms with Crippen molar-refractivity contribution in [2.75, 3.05) is 37.3 Å². The molecule has 1 aromatic carbocycles. The number of hydrogen-bond acceptors (Lipinski definition) is 4. The molecule has 138 valence electrons. The molecule has 1 aromatic heterocycles. The summed E-state index contributed by atoms with van der Waals surface area (Å²) in [6.45, 7) is 5.90. The Labute approximate surface area is 159 Å². The number of thioether (sulfide) groups is 1. The minimum Gasteiger partial charge on any atom is -0.370 e. The maximum absolute atomic E-state index is 12.6. The predicted octanol–water partition coefficient (Wildman–Crippen LogP) is 3.53. The number of benzene rings is 1. The van der Waals surface area contributed by atoms with Gasteiger partial charge in [-0.05, 0) is 49.4 Å². The third kappa shape index (κ3) is 4.91. The van der Waals surface area contributed by atoms with E-state index in [0.29, 0.717) is 6.54 Å². The zero-order valence-corrected chi connectivity index (χ0v) is 16.3. The normalized spacial score (nSPS) is 14.8. The zero-order valence-electron chi connectivity index (χ0n) is 15.4. The Bertz CT molecular complexity index is 752. The Morgan fingerprint density at radius 3 is 2.88 bits per heavy atom. The third-order valence-corrected chi connectivity index (χ3v) is 5.33. The second-order valence-corrected chi connectivity index (χ2v) is 7.37. The van der Waals surface area contributed by atoms with Gasteiger partial charge in [0, 0.05) is 55.2 Å². The molecule has 0 radical (unpaired) electrons. The van der Waals surface area contributed by atoms with Crippen molar-refractivity contribution >= 4 is 23.5 Å². The predicted molar refractivity (Wildman–Crippen MR) is 108 cm³/mol. The molecule has 1 aliphatic rings. The average Bonchev–Trinajstić information content (AvgIpc) is 2.92. The van der Waals surface area contributed by atoms with E-state index in [2.05, 4.69) is 45.7 Å². The van der Waals surface area contributed by atoms with Crippen LogP contribution in [0.3, 0.4) is 0 Å². The Kier molecular flexibility index (Phi) is 6.39. The second kappa shape index (κ2) is 8.94. The number of nitrogens with zero attached hydrogens (tertiary/aromatic N) is 3. The van der Waals surface area contributed by atoms with E-state index in [0.717, 1.165) is 43.9 Å². The Morgan fingerprint density at radius 2 is 2.08 bits per heavy atom. The van der Waals surface area contributed by atoms with Crippen LogP contribution in [-0.4, -0.2) is 48.3 Å². The summed E-state index contributed by atoms with van der Waals surface area (Å²) in [5, 5.41) is 3.06. The molecular weight excluding hydrogens is 344 g/mol. The van der Waals surface area contributed by atoms with Crippen LogP contribution in [0.1, 0.15) is 17.7 Å². The Morgan fingerprint density at radius 1 is 1.19 bits per heavy atom. The molecule has 0 unspecified atom stereocenters. The minimum atomic E-state index is 0.0207. The van der Waals surface area contributed by atoms with Crippen molar-refractivity contribution in [3.8, 4) is 0 Å². The lowest BCUT2D eigenvalue weighted by Crippen LogP contribution is -2.41. The van der Waals surface area contributed by atoms with Gasteiger partial charge in [0.15, 0.2) is 0 Å². The Balaban J connectivity index is 1.54. The molecule has 1 aliphatic heterocycles. The number of pyridine rings is 1. The first-order valence-electron chi connectivity index (χ1n) is 8.99. The lowest BCUT2D eigenvalue weighted by atomic mass is 10.2. The van der Waals surface area contributed by atoms with E-state index in [1.165, 1.54) is 10.6 Å². The maximum Gasteiger partial charge on any atom is 0.317 e. The molecule has 1 saturated heterocycles. The fourth-order valence-corrected chi connectivity index (χ4v) is 3.66. The first-order valence-corrected chi connectivity index (χ1v) is 10.2. The lowest BCUT2D eigenvalue weighted by molar-refractivity contribution is 0.201. The number of rotatable bonds is 4. The SMILES string of the molecule is CSc1cccc(CNC(=O)N2CCCN(c3ccnc(C)c3)CC2)c1. The summed E-state index contributed by atoms with van der Waals surface area (Å²) in [5.41, 5.74) is 3.34. The fraction of sp³-hybridized carbons (Fsp3) is 0.400. The van der Waals surface area contributed by atoms with Crippen LogP contribution in [0.15, 0.2) is 47.5 Å². The first kappa shape index (κ1) is 18.6. The molecule has 5 nitrogen and oxygen atoms in total. The molecule has 0 bridgehead atoms. The number of anilines is 1. The summed E-state index contributed by atoms with van der Waals surface area (Å²) in [6.07, 6.45) is 4.88. The summed E-state index contributed by atoms with van der Waals surface area (Å²) in [5.74, 6) is 0. The van der Waals surface area contributed by atoms with Gasteiger partial charge in [0.1, 0.15) is 0 Å². The van der Waals surface area contributed by atoms with Gasteiger partial charge in [-0.1, -0.05) is 12.1 Å². The summed E-state index contributed by atoms with van der Waals surface area (Å²) in [7, 11) is 0. The topological polar surface area (TPSA) is 48.5 Å². The van der Waals surface area contributed by atoms with E-state index in [4.69, 9.17) is 0 Å². The molecule has 2 amide bonds. The minimum absolute atomic E-state index is 0.0207. The molecule has 0 aliphatic carbocycles. The molecule has 3 rings (SSSR count). The number of urea groups is 1. The maximum atomic E-state index is 12.6. The number of hydrogen-bond donors (Lipinski definition) is 1. The molecule has 6 heteroatoms. The van der Waals surface area contributed by atoms with E-state index >= 15 is 0 Å². The van der Waals surface area contributed by atoms with Crippen LogP contribution in [0.25, 0.3) is 0 Å². The van der Waals surface area contributed by atoms with Crippen molar-refractivity contribution in [3.05, 3.63) is 53.9 Å². The van der Waals surface area contributed by atoms with Crippen molar-refractivity contribution in [1.29, 1.82) is 0 Å². The lowest BCUT2D eigenvalue weighted by Gasteiger charge is -2.24. The van der Waals surface area contributed by atoms with Crippen LogP contribution in [-0.2, 0) is 6.54 Å². The summed E-state index contributed by atoms with van der Waals surface area (Å²) < 4.78 is 0. The summed E-state index contributed by atoms with van der Waals surface area (Å²) >= 11 is 1.71. The van der Waals surface area contributed by atoms with Crippen LogP contribution in [0.4, 0.5) is 10.5 Å². The van der Waals surface area contributed by atoms with E-state index in [-0.39, 0.29) is 6.03 Å². The molecule has 0 atom stereocenters. The molecule has 0 spiro atoms. The number of carbonyl (C=O) groups is 1. The second-order valence-electron chi connectivity index (χ2n) is 6.49. The van der Waals surface area contributed by atoms with Gasteiger partial charge in [-0.25, -0.2) is 4.79 Å². The van der Waals surface area contributed by atoms with Crippen LogP contribution in [0.5, 0.6) is 0 Å². The van der Waals surface area contributed by atoms with E-state index in [9.17, 15) is 4.79 Å². The monoisotopic (exact) mass is 370 g/mol. The standard InChI is InChI=1S/C20H26N4OS/c1-16-13-18(7-8-21-16)23-9-4-10-24(12-11-23)20(25)22-15-17-5-3-6-19(14-17)26-2/h3,5-8,13-14H,4,9-12,15H2,1-2H3,(H,22,25). The number of nitrogens with one attached hydrogen (secondary N) is 1. The van der Waals surface area contributed by atoms with Crippen molar-refractivity contribution in [2.24, 2.45) is 0 Å². The molecular formula is C20H26N4OS. The highest BCUT2D eigenvalue weighted by Gasteiger charge is 2.19. The van der Waals surface area contributed by atoms with Gasteiger partial charge in [-0.2, -0.15) is 0 Å². The van der Waals surface area contributed by atoms with Gasteiger partial charge in [0.05, 0.1) is 0 Å². The molecule has 0 saturated carbocycles. The largest absolute Gasteiger partial charge is 0.370 e. The van der Waals surface area contributed by atoms with Gasteiger partial charge in [-0.3, -0.25) is 4.98 Å². The third-order valence-electron chi connectivity index (χ3n) is 4.61. The zero-order chi connectivity index (χ0) is 18.4. The highest BCUT2D eigenvalue weighted by Crippen LogP contribution is 2.17. The molecule has 26 heavy (non-hydrogen) atoms. The van der Waals surface area contributed by atoms with Gasteiger partial charge in [0.25, 0.3) is 0 Å². The number of aryl methyl sites for hydroxylation is 1. The van der Waals surface area contributed by atoms with Crippen LogP contribution in [0, 0.1) is 6.92 Å². The van der Waals surface area contributed by atoms with Crippen LogP contribution < -0.4 is 10.2 Å². The van der Waals surface area contributed by atoms with Gasteiger partial charge >= 0.3 is 6.03 Å². The smallest absolute Gasteiger partial charge is 0.317 e. The highest BCUT2D eigenvalue weighted by atomic mass is 32.2. The van der Waals surface area contributed by atoms with Crippen molar-refractivity contribution in [1.82, 2.24) is 15.2 Å². The molecule has 2 aromatic rings. The molecule has 1 fully saturated rings. The number of amides is 2. The Hall–Kier alpha value is -2.21. The van der Waals surface area contributed by atoms with Gasteiger partial charge < -0.3 is 15.1 Å². The van der Waals surface area contributed by atoms with Crippen LogP contribution >= 0.6 is 11.8 Å². The van der Waals surface area contributed by atoms with Crippen molar-refractivity contribution in [3.63, 3.8) is 0 Å². The summed E-state index contributed by atoms with van der Waals surface area (Å²) in [6, 6.07) is 12.5. The van der Waals surface area contributed by atoms with Crippen molar-refractivity contribution < 1.29 is 4.79 Å². The van der Waals surface area contributed by atoms with E-state index in [1.54, 1.807) is 11.8 Å². The average molecular weight is 371 g/mol. The van der Waals surface area contributed by atoms with Crippen LogP contribution in [0.2, 0.25) is 0 Å². The van der Waals surface area contributed by atoms with E-state index in [1.807, 2.05) is 30.2 Å².